The molecule has 4 heteroatoms. The number of nitrogens with zero attached hydrogens (tertiary/aromatic N) is 2. The van der Waals surface area contributed by atoms with Gasteiger partial charge in [0.2, 0.25) is 0 Å². The van der Waals surface area contributed by atoms with Crippen molar-refractivity contribution in [2.75, 3.05) is 24.6 Å². The lowest BCUT2D eigenvalue weighted by molar-refractivity contribution is -0.0928. The molecule has 1 aromatic rings. The van der Waals surface area contributed by atoms with Crippen LogP contribution in [0.3, 0.4) is 0 Å². The lowest BCUT2D eigenvalue weighted by atomic mass is 10.00. The van der Waals surface area contributed by atoms with Crippen molar-refractivity contribution in [1.29, 1.82) is 0 Å². The van der Waals surface area contributed by atoms with Gasteiger partial charge in [-0.3, -0.25) is 4.98 Å². The maximum Gasteiger partial charge on any atom is 0.103 e. The van der Waals surface area contributed by atoms with Crippen LogP contribution in [0.15, 0.2) is 18.3 Å². The molecule has 1 N–H and O–H groups in total. The molecule has 1 saturated heterocycles. The molecule has 1 aliphatic rings. The van der Waals surface area contributed by atoms with Crippen molar-refractivity contribution < 1.29 is 9.84 Å². The highest BCUT2D eigenvalue weighted by molar-refractivity contribution is 5.45. The van der Waals surface area contributed by atoms with Crippen LogP contribution < -0.4 is 4.90 Å². The number of pyridine rings is 1. The first kappa shape index (κ1) is 14.3. The van der Waals surface area contributed by atoms with Crippen molar-refractivity contribution >= 4 is 5.69 Å². The summed E-state index contributed by atoms with van der Waals surface area (Å²) in [4.78, 5) is 6.72. The van der Waals surface area contributed by atoms with Gasteiger partial charge in [-0.15, -0.1) is 0 Å². The summed E-state index contributed by atoms with van der Waals surface area (Å²) in [5, 5.41) is 10.1. The largest absolute Gasteiger partial charge is 0.388 e. The van der Waals surface area contributed by atoms with E-state index in [1.54, 1.807) is 13.8 Å². The first-order chi connectivity index (χ1) is 8.88. The van der Waals surface area contributed by atoms with Crippen molar-refractivity contribution in [3.63, 3.8) is 0 Å². The Balaban J connectivity index is 2.09. The second kappa shape index (κ2) is 5.47. The fraction of sp³-hybridized carbons (Fsp3) is 0.667. The normalized spacial score (nSPS) is 20.9. The van der Waals surface area contributed by atoms with Gasteiger partial charge in [0.05, 0.1) is 24.1 Å². The Kier molecular flexibility index (Phi) is 4.11. The lowest BCUT2D eigenvalue weighted by Gasteiger charge is -2.39. The number of morpholine rings is 1. The Morgan fingerprint density at radius 3 is 2.68 bits per heavy atom. The van der Waals surface area contributed by atoms with E-state index >= 15 is 0 Å². The number of hydrogen-bond acceptors (Lipinski definition) is 4. The average molecular weight is 264 g/mol. The van der Waals surface area contributed by atoms with Gasteiger partial charge in [0.25, 0.3) is 0 Å². The maximum absolute atomic E-state index is 10.1. The summed E-state index contributed by atoms with van der Waals surface area (Å²) in [7, 11) is 0. The Morgan fingerprint density at radius 1 is 1.42 bits per heavy atom. The van der Waals surface area contributed by atoms with Crippen molar-refractivity contribution in [3.05, 3.63) is 24.0 Å². The number of aromatic nitrogens is 1. The first-order valence-electron chi connectivity index (χ1n) is 6.93. The molecule has 0 aliphatic carbocycles. The third-order valence-electron chi connectivity index (χ3n) is 3.58. The smallest absolute Gasteiger partial charge is 0.103 e. The molecule has 0 amide bonds. The third kappa shape index (κ3) is 3.45. The van der Waals surface area contributed by atoms with Crippen molar-refractivity contribution in [2.24, 2.45) is 0 Å². The summed E-state index contributed by atoms with van der Waals surface area (Å²) in [5.74, 6) is 0.447. The van der Waals surface area contributed by atoms with Gasteiger partial charge in [-0.25, -0.2) is 0 Å². The van der Waals surface area contributed by atoms with Crippen molar-refractivity contribution in [3.8, 4) is 0 Å². The van der Waals surface area contributed by atoms with Crippen LogP contribution in [0.4, 0.5) is 5.69 Å². The minimum atomic E-state index is -0.816. The van der Waals surface area contributed by atoms with E-state index in [1.807, 2.05) is 6.20 Å². The highest BCUT2D eigenvalue weighted by Gasteiger charge is 2.32. The zero-order chi connectivity index (χ0) is 14.0. The monoisotopic (exact) mass is 264 g/mol. The molecule has 0 aromatic carbocycles. The van der Waals surface area contributed by atoms with Crippen LogP contribution in [0.5, 0.6) is 0 Å². The molecule has 2 heterocycles. The summed E-state index contributed by atoms with van der Waals surface area (Å²) in [5.41, 5.74) is 1.39. The number of hydrogen-bond donors (Lipinski definition) is 1. The quantitative estimate of drug-likeness (QED) is 0.909. The Labute approximate surface area is 115 Å². The van der Waals surface area contributed by atoms with Crippen molar-refractivity contribution in [2.45, 2.75) is 45.3 Å². The molecule has 1 atom stereocenters. The van der Waals surface area contributed by atoms with Gasteiger partial charge in [-0.2, -0.15) is 0 Å². The minimum Gasteiger partial charge on any atom is -0.388 e. The van der Waals surface area contributed by atoms with Gasteiger partial charge >= 0.3 is 0 Å². The Bertz CT molecular complexity index is 409. The van der Waals surface area contributed by atoms with Gasteiger partial charge in [0.15, 0.2) is 0 Å². The van der Waals surface area contributed by atoms with Gasteiger partial charge in [0, 0.05) is 18.8 Å². The van der Waals surface area contributed by atoms with Gasteiger partial charge < -0.3 is 14.7 Å². The molecule has 0 bridgehead atoms. The van der Waals surface area contributed by atoms with E-state index in [4.69, 9.17) is 4.74 Å². The van der Waals surface area contributed by atoms with Crippen LogP contribution >= 0.6 is 0 Å². The molecule has 2 rings (SSSR count). The standard InChI is InChI=1S/C15H24N2O2/c1-11(2)13-6-5-12(9-16-13)17-7-8-19-14(10-17)15(3,4)18/h5-6,9,11,14,18H,7-8,10H2,1-4H3/t14-/m0/s1. The fourth-order valence-corrected chi connectivity index (χ4v) is 2.24. The molecule has 1 aliphatic heterocycles. The van der Waals surface area contributed by atoms with E-state index < -0.39 is 5.60 Å². The highest BCUT2D eigenvalue weighted by atomic mass is 16.5. The number of aliphatic hydroxyl groups is 1. The van der Waals surface area contributed by atoms with Gasteiger partial charge in [-0.05, 0) is 31.9 Å². The van der Waals surface area contributed by atoms with E-state index in [0.717, 1.165) is 17.9 Å². The summed E-state index contributed by atoms with van der Waals surface area (Å²) in [6.07, 6.45) is 1.76. The zero-order valence-corrected chi connectivity index (χ0v) is 12.3. The minimum absolute atomic E-state index is 0.161. The van der Waals surface area contributed by atoms with E-state index in [0.29, 0.717) is 19.1 Å². The number of ether oxygens (including phenoxy) is 1. The second-order valence-electron chi connectivity index (χ2n) is 6.06. The van der Waals surface area contributed by atoms with Crippen LogP contribution in [0.2, 0.25) is 0 Å². The van der Waals surface area contributed by atoms with E-state index in [2.05, 4.69) is 35.9 Å². The summed E-state index contributed by atoms with van der Waals surface area (Å²) >= 11 is 0. The molecule has 1 aromatic heterocycles. The Morgan fingerprint density at radius 2 is 2.16 bits per heavy atom. The Hall–Kier alpha value is -1.13. The fourth-order valence-electron chi connectivity index (χ4n) is 2.24. The molecule has 0 radical (unpaired) electrons. The molecule has 4 nitrogen and oxygen atoms in total. The molecule has 19 heavy (non-hydrogen) atoms. The molecule has 0 spiro atoms. The molecule has 1 fully saturated rings. The van der Waals surface area contributed by atoms with E-state index in [1.165, 1.54) is 0 Å². The van der Waals surface area contributed by atoms with E-state index in [9.17, 15) is 5.11 Å². The van der Waals surface area contributed by atoms with Crippen LogP contribution in [0.1, 0.15) is 39.3 Å². The van der Waals surface area contributed by atoms with Crippen LogP contribution in [-0.2, 0) is 4.74 Å². The predicted octanol–water partition coefficient (Wildman–Crippen LogP) is 2.18. The topological polar surface area (TPSA) is 45.6 Å². The lowest BCUT2D eigenvalue weighted by Crippen LogP contribution is -2.52. The second-order valence-corrected chi connectivity index (χ2v) is 6.06. The summed E-state index contributed by atoms with van der Waals surface area (Å²) in [6.45, 7) is 10.0. The maximum atomic E-state index is 10.1. The van der Waals surface area contributed by atoms with Crippen molar-refractivity contribution in [1.82, 2.24) is 4.98 Å². The third-order valence-corrected chi connectivity index (χ3v) is 3.58. The molecular weight excluding hydrogens is 240 g/mol. The van der Waals surface area contributed by atoms with Crippen LogP contribution in [-0.4, -0.2) is 41.5 Å². The first-order valence-corrected chi connectivity index (χ1v) is 6.93. The zero-order valence-electron chi connectivity index (χ0n) is 12.3. The summed E-state index contributed by atoms with van der Waals surface area (Å²) < 4.78 is 5.64. The molecule has 0 saturated carbocycles. The number of rotatable bonds is 3. The van der Waals surface area contributed by atoms with Crippen LogP contribution in [0, 0.1) is 0 Å². The molecule has 0 unspecified atom stereocenters. The van der Waals surface area contributed by atoms with E-state index in [-0.39, 0.29) is 6.10 Å². The summed E-state index contributed by atoms with van der Waals surface area (Å²) in [6, 6.07) is 4.18. The average Bonchev–Trinajstić information content (AvgIpc) is 2.38. The predicted molar refractivity (Wildman–Crippen MR) is 76.6 cm³/mol. The SMILES string of the molecule is CC(C)c1ccc(N2CCO[C@H](C(C)(C)O)C2)cn1. The van der Waals surface area contributed by atoms with Crippen LogP contribution in [0.25, 0.3) is 0 Å². The molecule has 106 valence electrons. The highest BCUT2D eigenvalue weighted by Crippen LogP contribution is 2.23. The number of anilines is 1. The van der Waals surface area contributed by atoms with Gasteiger partial charge in [0.1, 0.15) is 6.10 Å². The van der Waals surface area contributed by atoms with Gasteiger partial charge in [-0.1, -0.05) is 13.8 Å². The molecular formula is C15H24N2O2.